The van der Waals surface area contributed by atoms with Crippen molar-refractivity contribution in [2.45, 2.75) is 49.3 Å². The van der Waals surface area contributed by atoms with Crippen molar-refractivity contribution in [3.05, 3.63) is 23.3 Å². The number of benzene rings is 1. The Morgan fingerprint density at radius 1 is 1.35 bits per heavy atom. The van der Waals surface area contributed by atoms with Crippen LogP contribution >= 0.6 is 12.4 Å². The molecule has 5 rings (SSSR count). The van der Waals surface area contributed by atoms with E-state index >= 15 is 0 Å². The molecule has 0 radical (unpaired) electrons. The summed E-state index contributed by atoms with van der Waals surface area (Å²) in [6, 6.07) is 4.83. The van der Waals surface area contributed by atoms with E-state index in [4.69, 9.17) is 9.47 Å². The van der Waals surface area contributed by atoms with Crippen molar-refractivity contribution in [2.75, 3.05) is 20.7 Å². The first-order chi connectivity index (χ1) is 10.7. The van der Waals surface area contributed by atoms with E-state index in [9.17, 15) is 5.11 Å². The number of aliphatic hydroxyl groups is 1. The molecule has 4 nitrogen and oxygen atoms in total. The standard InChI is InChI=1S/C18H23NO3.ClH/c1-19-8-7-18-11-4-5-13(20)17(18)22-16-14(21-2)6-3-10(15(16)18)9-12(11)19;/h3,6,11-13,17,20H,4-5,7-9H2,1-2H3;1H/t11-,12-,13-,17+,18+;/m1./s1. The molecule has 2 heterocycles. The SMILES string of the molecule is COc1ccc2c3c1O[C@H]1[C@H](O)CC[C@@H]4[C@@H](C2)N(C)CC[C@@]341.Cl. The van der Waals surface area contributed by atoms with Crippen LogP contribution < -0.4 is 9.47 Å². The summed E-state index contributed by atoms with van der Waals surface area (Å²) >= 11 is 0. The molecule has 1 N–H and O–H groups in total. The Hall–Kier alpha value is -0.970. The van der Waals surface area contributed by atoms with Crippen molar-refractivity contribution in [1.29, 1.82) is 0 Å². The third-order valence-electron chi connectivity index (χ3n) is 6.77. The fourth-order valence-corrected chi connectivity index (χ4v) is 5.86. The van der Waals surface area contributed by atoms with Crippen LogP contribution in [0.4, 0.5) is 0 Å². The van der Waals surface area contributed by atoms with E-state index in [2.05, 4.69) is 18.0 Å². The third kappa shape index (κ3) is 1.70. The van der Waals surface area contributed by atoms with Crippen LogP contribution in [0.25, 0.3) is 0 Å². The molecule has 23 heavy (non-hydrogen) atoms. The summed E-state index contributed by atoms with van der Waals surface area (Å²) in [6.45, 7) is 1.09. The first kappa shape index (κ1) is 15.6. The van der Waals surface area contributed by atoms with Gasteiger partial charge in [0.1, 0.15) is 6.10 Å². The van der Waals surface area contributed by atoms with Gasteiger partial charge >= 0.3 is 0 Å². The number of hydrogen-bond donors (Lipinski definition) is 1. The number of nitrogens with zero attached hydrogens (tertiary/aromatic N) is 1. The van der Waals surface area contributed by atoms with Gasteiger partial charge in [-0.15, -0.1) is 12.4 Å². The van der Waals surface area contributed by atoms with Gasteiger partial charge in [-0.05, 0) is 56.8 Å². The molecule has 1 aromatic carbocycles. The molecule has 2 fully saturated rings. The smallest absolute Gasteiger partial charge is 0.165 e. The minimum absolute atomic E-state index is 0. The molecule has 2 aliphatic carbocycles. The second-order valence-electron chi connectivity index (χ2n) is 7.46. The largest absolute Gasteiger partial charge is 0.493 e. The Morgan fingerprint density at radius 2 is 2.17 bits per heavy atom. The lowest BCUT2D eigenvalue weighted by Crippen LogP contribution is -2.66. The second-order valence-corrected chi connectivity index (χ2v) is 7.46. The molecule has 0 amide bonds. The molecule has 4 aliphatic rings. The maximum atomic E-state index is 10.6. The molecule has 1 saturated heterocycles. The Balaban J connectivity index is 0.00000135. The summed E-state index contributed by atoms with van der Waals surface area (Å²) in [5.74, 6) is 2.34. The number of ether oxygens (including phenoxy) is 2. The van der Waals surface area contributed by atoms with Gasteiger partial charge in [-0.1, -0.05) is 6.07 Å². The number of aliphatic hydroxyl groups excluding tert-OH is 1. The third-order valence-corrected chi connectivity index (χ3v) is 6.77. The normalized spacial score (nSPS) is 40.0. The van der Waals surface area contributed by atoms with Gasteiger partial charge in [-0.3, -0.25) is 0 Å². The molecule has 2 bridgehead atoms. The first-order valence-corrected chi connectivity index (χ1v) is 8.42. The fourth-order valence-electron chi connectivity index (χ4n) is 5.86. The fraction of sp³-hybridized carbons (Fsp3) is 0.667. The number of rotatable bonds is 1. The average molecular weight is 338 g/mol. The molecule has 5 heteroatoms. The summed E-state index contributed by atoms with van der Waals surface area (Å²) in [7, 11) is 3.96. The van der Waals surface area contributed by atoms with Crippen LogP contribution in [0, 0.1) is 5.92 Å². The zero-order chi connectivity index (χ0) is 15.1. The summed E-state index contributed by atoms with van der Waals surface area (Å²) in [4.78, 5) is 2.52. The molecule has 0 aromatic heterocycles. The highest BCUT2D eigenvalue weighted by atomic mass is 35.5. The van der Waals surface area contributed by atoms with E-state index in [1.165, 1.54) is 11.1 Å². The van der Waals surface area contributed by atoms with Gasteiger partial charge < -0.3 is 19.5 Å². The first-order valence-electron chi connectivity index (χ1n) is 8.42. The predicted molar refractivity (Wildman–Crippen MR) is 89.8 cm³/mol. The van der Waals surface area contributed by atoms with E-state index in [0.717, 1.165) is 43.7 Å². The number of hydrogen-bond acceptors (Lipinski definition) is 4. The monoisotopic (exact) mass is 337 g/mol. The van der Waals surface area contributed by atoms with Crippen LogP contribution in [-0.4, -0.2) is 49.0 Å². The number of methoxy groups -OCH3 is 1. The van der Waals surface area contributed by atoms with E-state index in [0.29, 0.717) is 12.0 Å². The number of piperidine rings is 1. The number of halogens is 1. The zero-order valence-corrected chi connectivity index (χ0v) is 14.4. The van der Waals surface area contributed by atoms with Crippen LogP contribution in [0.3, 0.4) is 0 Å². The molecule has 1 spiro atoms. The minimum Gasteiger partial charge on any atom is -0.493 e. The van der Waals surface area contributed by atoms with Gasteiger partial charge in [-0.25, -0.2) is 0 Å². The maximum absolute atomic E-state index is 10.6. The van der Waals surface area contributed by atoms with E-state index < -0.39 is 0 Å². The molecule has 2 aliphatic heterocycles. The molecule has 1 aromatic rings. The van der Waals surface area contributed by atoms with Crippen molar-refractivity contribution in [3.8, 4) is 11.5 Å². The zero-order valence-electron chi connectivity index (χ0n) is 13.6. The van der Waals surface area contributed by atoms with Crippen LogP contribution in [-0.2, 0) is 11.8 Å². The lowest BCUT2D eigenvalue weighted by Gasteiger charge is -2.58. The molecular formula is C18H24ClNO3. The van der Waals surface area contributed by atoms with Crippen LogP contribution in [0.5, 0.6) is 11.5 Å². The molecular weight excluding hydrogens is 314 g/mol. The van der Waals surface area contributed by atoms with Crippen LogP contribution in [0.15, 0.2) is 12.1 Å². The van der Waals surface area contributed by atoms with Gasteiger partial charge in [0.15, 0.2) is 11.5 Å². The van der Waals surface area contributed by atoms with E-state index in [1.807, 2.05) is 6.07 Å². The molecule has 126 valence electrons. The molecule has 0 unspecified atom stereocenters. The highest BCUT2D eigenvalue weighted by molar-refractivity contribution is 5.85. The summed E-state index contributed by atoms with van der Waals surface area (Å²) in [5.41, 5.74) is 2.77. The Kier molecular flexibility index (Phi) is 3.39. The Morgan fingerprint density at radius 3 is 2.96 bits per heavy atom. The minimum atomic E-state index is -0.358. The van der Waals surface area contributed by atoms with Gasteiger partial charge in [0, 0.05) is 17.0 Å². The molecule has 1 saturated carbocycles. The van der Waals surface area contributed by atoms with Crippen molar-refractivity contribution in [3.63, 3.8) is 0 Å². The van der Waals surface area contributed by atoms with Crippen molar-refractivity contribution < 1.29 is 14.6 Å². The van der Waals surface area contributed by atoms with Gasteiger partial charge in [0.2, 0.25) is 0 Å². The lowest BCUT2D eigenvalue weighted by atomic mass is 9.51. The van der Waals surface area contributed by atoms with Gasteiger partial charge in [0.05, 0.1) is 13.2 Å². The summed E-state index contributed by atoms with van der Waals surface area (Å²) in [6.07, 6.45) is 3.69. The van der Waals surface area contributed by atoms with E-state index in [-0.39, 0.29) is 30.0 Å². The quantitative estimate of drug-likeness (QED) is 0.852. The maximum Gasteiger partial charge on any atom is 0.165 e. The highest BCUT2D eigenvalue weighted by Gasteiger charge is 2.65. The number of likely N-dealkylation sites (tertiary alicyclic amines) is 1. The molecule has 5 atom stereocenters. The Bertz CT molecular complexity index is 651. The number of likely N-dealkylation sites (N-methyl/N-ethyl adjacent to an activating group) is 1. The lowest BCUT2D eigenvalue weighted by molar-refractivity contribution is -0.0993. The van der Waals surface area contributed by atoms with Crippen LogP contribution in [0.2, 0.25) is 0 Å². The summed E-state index contributed by atoms with van der Waals surface area (Å²) in [5, 5.41) is 10.6. The van der Waals surface area contributed by atoms with Crippen molar-refractivity contribution in [1.82, 2.24) is 4.90 Å². The predicted octanol–water partition coefficient (Wildman–Crippen LogP) is 2.15. The van der Waals surface area contributed by atoms with E-state index in [1.54, 1.807) is 7.11 Å². The van der Waals surface area contributed by atoms with Crippen LogP contribution in [0.1, 0.15) is 30.4 Å². The van der Waals surface area contributed by atoms with Gasteiger partial charge in [-0.2, -0.15) is 0 Å². The Labute approximate surface area is 143 Å². The second kappa shape index (κ2) is 5.01. The highest BCUT2D eigenvalue weighted by Crippen LogP contribution is 2.63. The van der Waals surface area contributed by atoms with Gasteiger partial charge in [0.25, 0.3) is 0 Å². The summed E-state index contributed by atoms with van der Waals surface area (Å²) < 4.78 is 11.9. The van der Waals surface area contributed by atoms with Crippen molar-refractivity contribution in [2.24, 2.45) is 5.92 Å². The van der Waals surface area contributed by atoms with Crippen molar-refractivity contribution >= 4 is 12.4 Å². The topological polar surface area (TPSA) is 41.9 Å². The average Bonchev–Trinajstić information content (AvgIpc) is 2.88.